The number of carbonyl (C=O) groups excluding carboxylic acids is 1. The summed E-state index contributed by atoms with van der Waals surface area (Å²) >= 11 is 0. The van der Waals surface area contributed by atoms with E-state index in [2.05, 4.69) is 10.3 Å². The largest absolute Gasteiger partial charge is 0.496 e. The highest BCUT2D eigenvalue weighted by Gasteiger charge is 2.20. The lowest BCUT2D eigenvalue weighted by atomic mass is 9.96. The Morgan fingerprint density at radius 3 is 2.55 bits per heavy atom. The number of anilines is 1. The number of para-hydroxylation sites is 1. The molecule has 2 aromatic heterocycles. The number of hydrogen-bond donors (Lipinski definition) is 1. The zero-order valence-corrected chi connectivity index (χ0v) is 19.4. The number of pyridine rings is 1. The molecule has 4 aromatic rings. The number of rotatable bonds is 6. The highest BCUT2D eigenvalue weighted by atomic mass is 16.5. The molecule has 168 valence electrons. The van der Waals surface area contributed by atoms with Crippen LogP contribution < -0.4 is 14.8 Å². The summed E-state index contributed by atoms with van der Waals surface area (Å²) in [6, 6.07) is 13.5. The first kappa shape index (κ1) is 22.1. The average Bonchev–Trinajstić information content (AvgIpc) is 3.24. The second-order valence-corrected chi connectivity index (χ2v) is 7.85. The van der Waals surface area contributed by atoms with Gasteiger partial charge in [-0.15, -0.1) is 0 Å². The monoisotopic (exact) mass is 442 g/mol. The van der Waals surface area contributed by atoms with Crippen LogP contribution in [-0.2, 0) is 4.79 Å². The summed E-state index contributed by atoms with van der Waals surface area (Å²) in [5.74, 6) is 1.66. The van der Waals surface area contributed by atoms with Crippen molar-refractivity contribution in [3.8, 4) is 22.6 Å². The fourth-order valence-electron chi connectivity index (χ4n) is 3.93. The number of nitrogens with zero attached hydrogens (tertiary/aromatic N) is 1. The van der Waals surface area contributed by atoms with Gasteiger partial charge in [-0.05, 0) is 50.1 Å². The molecule has 0 aliphatic heterocycles. The summed E-state index contributed by atoms with van der Waals surface area (Å²) in [5.41, 5.74) is 6.03. The van der Waals surface area contributed by atoms with Crippen LogP contribution in [0.5, 0.6) is 11.5 Å². The van der Waals surface area contributed by atoms with Gasteiger partial charge in [0.2, 0.25) is 5.91 Å². The predicted octanol–water partition coefficient (Wildman–Crippen LogP) is 6.17. The average molecular weight is 443 g/mol. The summed E-state index contributed by atoms with van der Waals surface area (Å²) in [7, 11) is 3.26. The van der Waals surface area contributed by atoms with Crippen molar-refractivity contribution in [2.45, 2.75) is 20.8 Å². The Morgan fingerprint density at radius 1 is 1.06 bits per heavy atom. The number of furan rings is 1. The van der Waals surface area contributed by atoms with Crippen molar-refractivity contribution in [1.82, 2.24) is 4.98 Å². The van der Waals surface area contributed by atoms with Crippen LogP contribution in [0.2, 0.25) is 0 Å². The van der Waals surface area contributed by atoms with Gasteiger partial charge in [-0.3, -0.25) is 4.79 Å². The Hall–Kier alpha value is -4.06. The third kappa shape index (κ3) is 4.32. The van der Waals surface area contributed by atoms with E-state index in [0.29, 0.717) is 11.6 Å². The number of carbonyl (C=O) groups is 1. The van der Waals surface area contributed by atoms with Crippen molar-refractivity contribution in [1.29, 1.82) is 0 Å². The molecule has 4 rings (SSSR count). The molecule has 0 atom stereocenters. The second-order valence-electron chi connectivity index (χ2n) is 7.85. The SMILES string of the molecule is COc1ccccc1-c1coc2c(C)c(OC)c(/C(C)=C/C(=O)Nc3ccc(C)cn3)cc12. The Bertz CT molecular complexity index is 1350. The molecule has 2 aromatic carbocycles. The molecule has 0 fully saturated rings. The Labute approximate surface area is 192 Å². The van der Waals surface area contributed by atoms with Crippen molar-refractivity contribution in [3.63, 3.8) is 0 Å². The number of benzene rings is 2. The number of amides is 1. The van der Waals surface area contributed by atoms with Crippen LogP contribution in [-0.4, -0.2) is 25.1 Å². The summed E-state index contributed by atoms with van der Waals surface area (Å²) in [5, 5.41) is 3.72. The maximum Gasteiger partial charge on any atom is 0.249 e. The molecule has 6 heteroatoms. The topological polar surface area (TPSA) is 73.6 Å². The molecule has 2 heterocycles. The minimum atomic E-state index is -0.263. The Balaban J connectivity index is 1.78. The molecule has 0 bridgehead atoms. The molecule has 0 saturated carbocycles. The van der Waals surface area contributed by atoms with Gasteiger partial charge in [0.05, 0.1) is 20.5 Å². The molecular formula is C27H26N2O4. The fourth-order valence-corrected chi connectivity index (χ4v) is 3.93. The molecule has 0 spiro atoms. The first-order chi connectivity index (χ1) is 15.9. The van der Waals surface area contributed by atoms with Crippen molar-refractivity contribution >= 4 is 28.3 Å². The van der Waals surface area contributed by atoms with E-state index in [0.717, 1.165) is 50.1 Å². The highest BCUT2D eigenvalue weighted by Crippen LogP contribution is 2.42. The molecule has 6 nitrogen and oxygen atoms in total. The number of ether oxygens (including phenoxy) is 2. The van der Waals surface area contributed by atoms with Crippen LogP contribution >= 0.6 is 0 Å². The lowest BCUT2D eigenvalue weighted by molar-refractivity contribution is -0.111. The van der Waals surface area contributed by atoms with Gasteiger partial charge in [-0.25, -0.2) is 4.98 Å². The van der Waals surface area contributed by atoms with Gasteiger partial charge in [-0.1, -0.05) is 24.3 Å². The second kappa shape index (κ2) is 9.20. The molecule has 0 radical (unpaired) electrons. The van der Waals surface area contributed by atoms with E-state index in [1.165, 1.54) is 0 Å². The Morgan fingerprint density at radius 2 is 1.85 bits per heavy atom. The molecule has 0 unspecified atom stereocenters. The normalized spacial score (nSPS) is 11.5. The van der Waals surface area contributed by atoms with Crippen molar-refractivity contribution in [2.24, 2.45) is 0 Å². The molecule has 0 aliphatic rings. The number of allylic oxidation sites excluding steroid dienone is 1. The van der Waals surface area contributed by atoms with Gasteiger partial charge in [0, 0.05) is 39.9 Å². The standard InChI is InChI=1S/C27H26N2O4/c1-16-10-11-24(28-14-16)29-25(30)12-17(2)20-13-21-22(19-8-6-7-9-23(19)31-4)15-33-27(21)18(3)26(20)32-5/h6-15H,1-5H3,(H,28,29,30)/b17-12+. The summed E-state index contributed by atoms with van der Waals surface area (Å²) in [4.78, 5) is 16.9. The van der Waals surface area contributed by atoms with Crippen LogP contribution in [0.1, 0.15) is 23.6 Å². The van der Waals surface area contributed by atoms with Gasteiger partial charge >= 0.3 is 0 Å². The smallest absolute Gasteiger partial charge is 0.249 e. The first-order valence-corrected chi connectivity index (χ1v) is 10.6. The third-order valence-electron chi connectivity index (χ3n) is 5.58. The van der Waals surface area contributed by atoms with Crippen LogP contribution in [0, 0.1) is 13.8 Å². The lowest BCUT2D eigenvalue weighted by Crippen LogP contribution is -2.10. The van der Waals surface area contributed by atoms with Crippen LogP contribution in [0.4, 0.5) is 5.82 Å². The maximum atomic E-state index is 12.6. The van der Waals surface area contributed by atoms with Gasteiger partial charge in [0.1, 0.15) is 22.9 Å². The predicted molar refractivity (Wildman–Crippen MR) is 131 cm³/mol. The quantitative estimate of drug-likeness (QED) is 0.362. The van der Waals surface area contributed by atoms with Crippen LogP contribution in [0.15, 0.2) is 65.4 Å². The van der Waals surface area contributed by atoms with Crippen molar-refractivity contribution in [3.05, 3.63) is 77.7 Å². The number of hydrogen-bond acceptors (Lipinski definition) is 5. The van der Waals surface area contributed by atoms with E-state index in [-0.39, 0.29) is 5.91 Å². The number of aryl methyl sites for hydroxylation is 2. The van der Waals surface area contributed by atoms with E-state index in [1.54, 1.807) is 38.8 Å². The zero-order chi connectivity index (χ0) is 23.5. The molecule has 0 aliphatic carbocycles. The summed E-state index contributed by atoms with van der Waals surface area (Å²) in [6.45, 7) is 5.78. The fraction of sp³-hybridized carbons (Fsp3) is 0.185. The summed E-state index contributed by atoms with van der Waals surface area (Å²) in [6.07, 6.45) is 4.99. The van der Waals surface area contributed by atoms with Crippen molar-refractivity contribution in [2.75, 3.05) is 19.5 Å². The highest BCUT2D eigenvalue weighted by molar-refractivity contribution is 6.05. The first-order valence-electron chi connectivity index (χ1n) is 10.6. The van der Waals surface area contributed by atoms with E-state index >= 15 is 0 Å². The van der Waals surface area contributed by atoms with Crippen molar-refractivity contribution < 1.29 is 18.7 Å². The molecule has 33 heavy (non-hydrogen) atoms. The number of aromatic nitrogens is 1. The minimum Gasteiger partial charge on any atom is -0.496 e. The summed E-state index contributed by atoms with van der Waals surface area (Å²) < 4.78 is 17.2. The van der Waals surface area contributed by atoms with Crippen LogP contribution in [0.25, 0.3) is 27.7 Å². The van der Waals surface area contributed by atoms with Crippen LogP contribution in [0.3, 0.4) is 0 Å². The van der Waals surface area contributed by atoms with E-state index in [1.807, 2.05) is 57.2 Å². The van der Waals surface area contributed by atoms with E-state index < -0.39 is 0 Å². The lowest BCUT2D eigenvalue weighted by Gasteiger charge is -2.14. The molecule has 1 amide bonds. The Kier molecular flexibility index (Phi) is 6.18. The number of nitrogens with one attached hydrogen (secondary N) is 1. The van der Waals surface area contributed by atoms with E-state index in [9.17, 15) is 4.79 Å². The van der Waals surface area contributed by atoms with Gasteiger partial charge in [-0.2, -0.15) is 0 Å². The zero-order valence-electron chi connectivity index (χ0n) is 19.4. The minimum absolute atomic E-state index is 0.263. The number of fused-ring (bicyclic) bond motifs is 1. The molecular weight excluding hydrogens is 416 g/mol. The van der Waals surface area contributed by atoms with E-state index in [4.69, 9.17) is 13.9 Å². The maximum absolute atomic E-state index is 12.6. The molecule has 0 saturated heterocycles. The van der Waals surface area contributed by atoms with Gasteiger partial charge < -0.3 is 19.2 Å². The van der Waals surface area contributed by atoms with Gasteiger partial charge in [0.25, 0.3) is 0 Å². The number of methoxy groups -OCH3 is 2. The molecule has 1 N–H and O–H groups in total. The third-order valence-corrected chi connectivity index (χ3v) is 5.58. The van der Waals surface area contributed by atoms with Gasteiger partial charge in [0.15, 0.2) is 0 Å².